The van der Waals surface area contributed by atoms with Gasteiger partial charge in [-0.05, 0) is 44.0 Å². The monoisotopic (exact) mass is 403 g/mol. The molecular weight excluding hydrogens is 386 g/mol. The molecule has 0 spiro atoms. The zero-order valence-corrected chi connectivity index (χ0v) is 16.2. The second kappa shape index (κ2) is 7.07. The van der Waals surface area contributed by atoms with Crippen LogP contribution in [-0.2, 0) is 10.0 Å². The number of halogens is 1. The van der Waals surface area contributed by atoms with Crippen molar-refractivity contribution in [3.05, 3.63) is 65.0 Å². The molecule has 2 aromatic carbocycles. The molecule has 1 atom stereocenters. The fraction of sp³-hybridized carbons (Fsp3) is 0.263. The molecule has 6 nitrogen and oxygen atoms in total. The summed E-state index contributed by atoms with van der Waals surface area (Å²) in [5, 5.41) is 4.58. The third kappa shape index (κ3) is 3.50. The van der Waals surface area contributed by atoms with Gasteiger partial charge in [0.15, 0.2) is 0 Å². The maximum absolute atomic E-state index is 13.1. The minimum absolute atomic E-state index is 0.273. The van der Waals surface area contributed by atoms with Crippen LogP contribution >= 0.6 is 11.6 Å². The molecule has 140 valence electrons. The highest BCUT2D eigenvalue weighted by Gasteiger charge is 2.39. The van der Waals surface area contributed by atoms with E-state index in [2.05, 4.69) is 10.1 Å². The zero-order chi connectivity index (χ0) is 19.0. The highest BCUT2D eigenvalue weighted by molar-refractivity contribution is 7.89. The van der Waals surface area contributed by atoms with E-state index >= 15 is 0 Å². The Morgan fingerprint density at radius 2 is 1.96 bits per heavy atom. The van der Waals surface area contributed by atoms with Crippen LogP contribution in [0.2, 0.25) is 5.02 Å². The predicted molar refractivity (Wildman–Crippen MR) is 102 cm³/mol. The Morgan fingerprint density at radius 3 is 2.70 bits per heavy atom. The molecule has 0 saturated carbocycles. The summed E-state index contributed by atoms with van der Waals surface area (Å²) in [5.41, 5.74) is 1.73. The molecule has 2 heterocycles. The van der Waals surface area contributed by atoms with Gasteiger partial charge in [-0.25, -0.2) is 8.42 Å². The number of benzene rings is 2. The van der Waals surface area contributed by atoms with Gasteiger partial charge < -0.3 is 4.52 Å². The van der Waals surface area contributed by atoms with Crippen molar-refractivity contribution < 1.29 is 12.9 Å². The molecule has 8 heteroatoms. The molecule has 0 N–H and O–H groups in total. The van der Waals surface area contributed by atoms with E-state index in [1.807, 2.05) is 13.0 Å². The SMILES string of the molecule is Cc1ccc(S(=O)(=O)N2CCCC2c2nc(-c3cccc(Cl)c3)no2)cc1. The van der Waals surface area contributed by atoms with Gasteiger partial charge in [0.2, 0.25) is 21.7 Å². The van der Waals surface area contributed by atoms with Crippen LogP contribution in [0, 0.1) is 6.92 Å². The van der Waals surface area contributed by atoms with Gasteiger partial charge in [-0.15, -0.1) is 0 Å². The largest absolute Gasteiger partial charge is 0.337 e. The summed E-state index contributed by atoms with van der Waals surface area (Å²) in [6.07, 6.45) is 1.38. The lowest BCUT2D eigenvalue weighted by atomic mass is 10.2. The van der Waals surface area contributed by atoms with Crippen LogP contribution in [0.25, 0.3) is 11.4 Å². The van der Waals surface area contributed by atoms with E-state index in [-0.39, 0.29) is 4.90 Å². The molecule has 27 heavy (non-hydrogen) atoms. The number of hydrogen-bond donors (Lipinski definition) is 0. The third-order valence-corrected chi connectivity index (χ3v) is 6.80. The first-order valence-corrected chi connectivity index (χ1v) is 10.4. The molecule has 1 saturated heterocycles. The summed E-state index contributed by atoms with van der Waals surface area (Å²) in [4.78, 5) is 4.71. The molecule has 0 aliphatic carbocycles. The zero-order valence-electron chi connectivity index (χ0n) is 14.7. The van der Waals surface area contributed by atoms with Gasteiger partial charge in [-0.2, -0.15) is 9.29 Å². The van der Waals surface area contributed by atoms with Crippen molar-refractivity contribution in [3.63, 3.8) is 0 Å². The average Bonchev–Trinajstić information content (AvgIpc) is 3.32. The highest BCUT2D eigenvalue weighted by atomic mass is 35.5. The maximum atomic E-state index is 13.1. The van der Waals surface area contributed by atoms with Crippen LogP contribution in [0.5, 0.6) is 0 Å². The molecule has 1 aliphatic heterocycles. The molecule has 1 aliphatic rings. The van der Waals surface area contributed by atoms with E-state index in [4.69, 9.17) is 16.1 Å². The maximum Gasteiger partial charge on any atom is 0.245 e. The van der Waals surface area contributed by atoms with Crippen LogP contribution in [0.4, 0.5) is 0 Å². The van der Waals surface area contributed by atoms with Crippen molar-refractivity contribution in [2.75, 3.05) is 6.54 Å². The van der Waals surface area contributed by atoms with E-state index in [0.29, 0.717) is 29.7 Å². The van der Waals surface area contributed by atoms with Crippen molar-refractivity contribution in [1.29, 1.82) is 0 Å². The van der Waals surface area contributed by atoms with Crippen molar-refractivity contribution in [3.8, 4) is 11.4 Å². The van der Waals surface area contributed by atoms with Gasteiger partial charge in [0, 0.05) is 17.1 Å². The molecule has 0 bridgehead atoms. The molecule has 1 fully saturated rings. The first kappa shape index (κ1) is 18.2. The van der Waals surface area contributed by atoms with Crippen LogP contribution in [0.15, 0.2) is 57.9 Å². The third-order valence-electron chi connectivity index (χ3n) is 4.64. The van der Waals surface area contributed by atoms with Crippen molar-refractivity contribution in [2.24, 2.45) is 0 Å². The minimum Gasteiger partial charge on any atom is -0.337 e. The van der Waals surface area contributed by atoms with Gasteiger partial charge in [-0.3, -0.25) is 0 Å². The minimum atomic E-state index is -3.63. The summed E-state index contributed by atoms with van der Waals surface area (Å²) < 4.78 is 33.0. The lowest BCUT2D eigenvalue weighted by molar-refractivity contribution is 0.290. The first-order valence-electron chi connectivity index (χ1n) is 8.63. The Kier molecular flexibility index (Phi) is 4.75. The summed E-state index contributed by atoms with van der Waals surface area (Å²) in [6, 6.07) is 13.5. The quantitative estimate of drug-likeness (QED) is 0.651. The Morgan fingerprint density at radius 1 is 1.19 bits per heavy atom. The molecule has 0 amide bonds. The van der Waals surface area contributed by atoms with E-state index in [0.717, 1.165) is 17.5 Å². The van der Waals surface area contributed by atoms with Crippen LogP contribution in [-0.4, -0.2) is 29.4 Å². The first-order chi connectivity index (χ1) is 12.9. The fourth-order valence-electron chi connectivity index (χ4n) is 3.24. The second-order valence-corrected chi connectivity index (χ2v) is 8.88. The van der Waals surface area contributed by atoms with Crippen LogP contribution in [0.1, 0.15) is 30.3 Å². The summed E-state index contributed by atoms with van der Waals surface area (Å²) in [7, 11) is -3.63. The second-order valence-electron chi connectivity index (χ2n) is 6.55. The molecule has 4 rings (SSSR count). The predicted octanol–water partition coefficient (Wildman–Crippen LogP) is 4.22. The average molecular weight is 404 g/mol. The Labute approximate surface area is 162 Å². The van der Waals surface area contributed by atoms with Crippen molar-refractivity contribution >= 4 is 21.6 Å². The molecular formula is C19H18ClN3O3S. The molecule has 1 aromatic heterocycles. The van der Waals surface area contributed by atoms with E-state index in [1.54, 1.807) is 42.5 Å². The van der Waals surface area contributed by atoms with Crippen molar-refractivity contribution in [1.82, 2.24) is 14.4 Å². The molecule has 3 aromatic rings. The van der Waals surface area contributed by atoms with Gasteiger partial charge in [0.25, 0.3) is 0 Å². The number of aromatic nitrogens is 2. The standard InChI is InChI=1S/C19H18ClN3O3S/c1-13-7-9-16(10-8-13)27(24,25)23-11-3-6-17(23)19-21-18(22-26-19)14-4-2-5-15(20)12-14/h2,4-5,7-10,12,17H,3,6,11H2,1H3. The topological polar surface area (TPSA) is 76.3 Å². The lowest BCUT2D eigenvalue weighted by Gasteiger charge is -2.21. The summed E-state index contributed by atoms with van der Waals surface area (Å²) >= 11 is 6.02. The van der Waals surface area contributed by atoms with Gasteiger partial charge in [0.1, 0.15) is 6.04 Å². The Hall–Kier alpha value is -2.22. The number of rotatable bonds is 4. The molecule has 1 unspecified atom stereocenters. The number of sulfonamides is 1. The van der Waals surface area contributed by atoms with Gasteiger partial charge in [0.05, 0.1) is 4.90 Å². The van der Waals surface area contributed by atoms with E-state index in [9.17, 15) is 8.42 Å². The lowest BCUT2D eigenvalue weighted by Crippen LogP contribution is -2.30. The smallest absolute Gasteiger partial charge is 0.245 e. The van der Waals surface area contributed by atoms with Gasteiger partial charge in [-0.1, -0.05) is 46.6 Å². The van der Waals surface area contributed by atoms with E-state index in [1.165, 1.54) is 4.31 Å². The van der Waals surface area contributed by atoms with Crippen molar-refractivity contribution in [2.45, 2.75) is 30.7 Å². The summed E-state index contributed by atoms with van der Waals surface area (Å²) in [6.45, 7) is 2.35. The fourth-order valence-corrected chi connectivity index (χ4v) is 5.08. The Balaban J connectivity index is 1.65. The number of hydrogen-bond acceptors (Lipinski definition) is 5. The Bertz CT molecular complexity index is 1060. The number of aryl methyl sites for hydroxylation is 1. The molecule has 0 radical (unpaired) electrons. The summed E-state index contributed by atoms with van der Waals surface area (Å²) in [5.74, 6) is 0.699. The van der Waals surface area contributed by atoms with Gasteiger partial charge >= 0.3 is 0 Å². The number of nitrogens with zero attached hydrogens (tertiary/aromatic N) is 3. The van der Waals surface area contributed by atoms with Crippen LogP contribution in [0.3, 0.4) is 0 Å². The van der Waals surface area contributed by atoms with E-state index < -0.39 is 16.1 Å². The highest BCUT2D eigenvalue weighted by Crippen LogP contribution is 2.36. The van der Waals surface area contributed by atoms with Crippen LogP contribution < -0.4 is 0 Å². The normalized spacial score (nSPS) is 18.1.